The Morgan fingerprint density at radius 3 is 2.17 bits per heavy atom. The van der Waals surface area contributed by atoms with Crippen molar-refractivity contribution >= 4 is 12.2 Å². The monoisotopic (exact) mass is 318 g/mol. The molecule has 0 saturated heterocycles. The summed E-state index contributed by atoms with van der Waals surface area (Å²) >= 11 is 0. The first-order valence-electron chi connectivity index (χ1n) is 7.25. The van der Waals surface area contributed by atoms with Crippen LogP contribution in [0.5, 0.6) is 17.2 Å². The maximum atomic E-state index is 11.3. The van der Waals surface area contributed by atoms with Gasteiger partial charge in [0.1, 0.15) is 11.5 Å². The molecule has 0 fully saturated rings. The van der Waals surface area contributed by atoms with E-state index in [1.54, 1.807) is 38.5 Å². The largest absolute Gasteiger partial charge is 0.496 e. The van der Waals surface area contributed by atoms with Crippen LogP contribution in [-0.4, -0.2) is 21.3 Å². The van der Waals surface area contributed by atoms with Gasteiger partial charge >= 0.3 is 5.63 Å². The van der Waals surface area contributed by atoms with E-state index >= 15 is 0 Å². The smallest absolute Gasteiger partial charge is 0.339 e. The van der Waals surface area contributed by atoms with Gasteiger partial charge in [-0.15, -0.1) is 0 Å². The molecule has 0 aliphatic heterocycles. The second-order valence-electron chi connectivity index (χ2n) is 4.17. The van der Waals surface area contributed by atoms with Crippen molar-refractivity contribution in [2.45, 2.75) is 13.8 Å². The molecule has 5 nitrogen and oxygen atoms in total. The van der Waals surface area contributed by atoms with Gasteiger partial charge in [0.2, 0.25) is 0 Å². The van der Waals surface area contributed by atoms with Gasteiger partial charge < -0.3 is 18.6 Å². The Kier molecular flexibility index (Phi) is 7.47. The van der Waals surface area contributed by atoms with Crippen molar-refractivity contribution in [3.63, 3.8) is 0 Å². The van der Waals surface area contributed by atoms with Crippen LogP contribution in [0.25, 0.3) is 12.2 Å². The molecular weight excluding hydrogens is 296 g/mol. The zero-order valence-corrected chi connectivity index (χ0v) is 14.1. The Morgan fingerprint density at radius 2 is 1.57 bits per heavy atom. The first-order chi connectivity index (χ1) is 11.2. The summed E-state index contributed by atoms with van der Waals surface area (Å²) in [6.07, 6.45) is 3.49. The van der Waals surface area contributed by atoms with Crippen LogP contribution in [0.15, 0.2) is 39.5 Å². The molecule has 0 atom stereocenters. The molecule has 0 N–H and O–H groups in total. The summed E-state index contributed by atoms with van der Waals surface area (Å²) in [4.78, 5) is 11.3. The molecule has 1 aromatic carbocycles. The Hall–Kier alpha value is -2.69. The molecule has 0 unspecified atom stereocenters. The fourth-order valence-electron chi connectivity index (χ4n) is 1.81. The summed E-state index contributed by atoms with van der Waals surface area (Å²) in [5, 5.41) is 0. The van der Waals surface area contributed by atoms with Crippen LogP contribution in [0.2, 0.25) is 0 Å². The highest BCUT2D eigenvalue weighted by molar-refractivity contribution is 5.69. The SMILES string of the molecule is CC.COc1cc(/C=C/c2ccc(OC)c(OC)c2)oc(=O)c1. The molecule has 0 spiro atoms. The molecule has 0 saturated carbocycles. The predicted molar refractivity (Wildman–Crippen MR) is 91.4 cm³/mol. The zero-order valence-electron chi connectivity index (χ0n) is 14.1. The topological polar surface area (TPSA) is 57.9 Å². The molecule has 0 amide bonds. The minimum absolute atomic E-state index is 0.411. The fraction of sp³-hybridized carbons (Fsp3) is 0.278. The minimum atomic E-state index is -0.457. The average molecular weight is 318 g/mol. The van der Waals surface area contributed by atoms with Crippen LogP contribution in [0, 0.1) is 0 Å². The first-order valence-corrected chi connectivity index (χ1v) is 7.25. The van der Waals surface area contributed by atoms with Crippen molar-refractivity contribution in [3.8, 4) is 17.2 Å². The first kappa shape index (κ1) is 18.4. The number of ether oxygens (including phenoxy) is 3. The van der Waals surface area contributed by atoms with Crippen LogP contribution in [0.4, 0.5) is 0 Å². The lowest BCUT2D eigenvalue weighted by atomic mass is 10.1. The second-order valence-corrected chi connectivity index (χ2v) is 4.17. The molecule has 1 heterocycles. The predicted octanol–water partition coefficient (Wildman–Crippen LogP) is 3.86. The molecule has 23 heavy (non-hydrogen) atoms. The quantitative estimate of drug-likeness (QED) is 0.838. The number of methoxy groups -OCH3 is 3. The summed E-state index contributed by atoms with van der Waals surface area (Å²) in [6.45, 7) is 4.00. The van der Waals surface area contributed by atoms with Gasteiger partial charge in [0.05, 0.1) is 27.4 Å². The van der Waals surface area contributed by atoms with Crippen molar-refractivity contribution in [2.75, 3.05) is 21.3 Å². The van der Waals surface area contributed by atoms with Crippen molar-refractivity contribution in [2.24, 2.45) is 0 Å². The van der Waals surface area contributed by atoms with Gasteiger partial charge in [-0.05, 0) is 23.8 Å². The van der Waals surface area contributed by atoms with E-state index < -0.39 is 5.63 Å². The lowest BCUT2D eigenvalue weighted by molar-refractivity contribution is 0.355. The maximum absolute atomic E-state index is 11.3. The van der Waals surface area contributed by atoms with Crippen LogP contribution in [0.1, 0.15) is 25.2 Å². The van der Waals surface area contributed by atoms with E-state index in [4.69, 9.17) is 18.6 Å². The Labute approximate surface area is 136 Å². The summed E-state index contributed by atoms with van der Waals surface area (Å²) in [5.74, 6) is 2.15. The summed E-state index contributed by atoms with van der Waals surface area (Å²) < 4.78 is 20.5. The van der Waals surface area contributed by atoms with Crippen molar-refractivity contribution in [1.29, 1.82) is 0 Å². The van der Waals surface area contributed by atoms with E-state index in [1.165, 1.54) is 13.2 Å². The van der Waals surface area contributed by atoms with E-state index in [-0.39, 0.29) is 0 Å². The highest BCUT2D eigenvalue weighted by atomic mass is 16.5. The van der Waals surface area contributed by atoms with E-state index in [9.17, 15) is 4.79 Å². The van der Waals surface area contributed by atoms with Gasteiger partial charge in [0, 0.05) is 6.07 Å². The molecule has 0 aliphatic rings. The molecular formula is C18H22O5. The number of hydrogen-bond donors (Lipinski definition) is 0. The van der Waals surface area contributed by atoms with Gasteiger partial charge in [-0.25, -0.2) is 4.79 Å². The standard InChI is InChI=1S/C16H16O5.C2H6/c1-18-13-9-12(21-16(17)10-13)6-4-11-5-7-14(19-2)15(8-11)20-3;1-2/h4-10H,1-3H3;1-2H3/b6-4+;. The third kappa shape index (κ3) is 5.21. The highest BCUT2D eigenvalue weighted by Gasteiger charge is 2.03. The van der Waals surface area contributed by atoms with Crippen molar-refractivity contribution in [3.05, 3.63) is 52.1 Å². The third-order valence-corrected chi connectivity index (χ3v) is 2.85. The fourth-order valence-corrected chi connectivity index (χ4v) is 1.81. The Balaban J connectivity index is 0.00000127. The average Bonchev–Trinajstić information content (AvgIpc) is 2.60. The molecule has 0 radical (unpaired) electrons. The van der Waals surface area contributed by atoms with E-state index in [0.29, 0.717) is 23.0 Å². The van der Waals surface area contributed by atoms with E-state index in [0.717, 1.165) is 5.56 Å². The Morgan fingerprint density at radius 1 is 0.870 bits per heavy atom. The third-order valence-electron chi connectivity index (χ3n) is 2.85. The normalized spacial score (nSPS) is 9.96. The van der Waals surface area contributed by atoms with Gasteiger partial charge in [0.15, 0.2) is 11.5 Å². The van der Waals surface area contributed by atoms with E-state index in [1.807, 2.05) is 26.0 Å². The van der Waals surface area contributed by atoms with Gasteiger partial charge in [-0.1, -0.05) is 26.0 Å². The number of hydrogen-bond acceptors (Lipinski definition) is 5. The molecule has 2 aromatic rings. The van der Waals surface area contributed by atoms with Gasteiger partial charge in [-0.3, -0.25) is 0 Å². The van der Waals surface area contributed by atoms with Gasteiger partial charge in [-0.2, -0.15) is 0 Å². The molecule has 2 rings (SSSR count). The molecule has 0 bridgehead atoms. The lowest BCUT2D eigenvalue weighted by Gasteiger charge is -2.07. The number of benzene rings is 1. The van der Waals surface area contributed by atoms with E-state index in [2.05, 4.69) is 0 Å². The summed E-state index contributed by atoms with van der Waals surface area (Å²) in [7, 11) is 4.65. The minimum Gasteiger partial charge on any atom is -0.496 e. The van der Waals surface area contributed by atoms with Crippen LogP contribution < -0.4 is 19.8 Å². The lowest BCUT2D eigenvalue weighted by Crippen LogP contribution is -1.98. The van der Waals surface area contributed by atoms with Crippen molar-refractivity contribution in [1.82, 2.24) is 0 Å². The van der Waals surface area contributed by atoms with Gasteiger partial charge in [0.25, 0.3) is 0 Å². The molecule has 5 heteroatoms. The molecule has 0 aliphatic carbocycles. The summed E-state index contributed by atoms with van der Waals surface area (Å²) in [6, 6.07) is 8.43. The van der Waals surface area contributed by atoms with Crippen molar-refractivity contribution < 1.29 is 18.6 Å². The number of rotatable bonds is 5. The molecule has 1 aromatic heterocycles. The molecule has 124 valence electrons. The maximum Gasteiger partial charge on any atom is 0.339 e. The zero-order chi connectivity index (χ0) is 17.2. The van der Waals surface area contributed by atoms with Crippen LogP contribution >= 0.6 is 0 Å². The van der Waals surface area contributed by atoms with Crippen LogP contribution in [0.3, 0.4) is 0 Å². The summed E-state index contributed by atoms with van der Waals surface area (Å²) in [5.41, 5.74) is 0.430. The Bertz CT molecular complexity index is 701. The van der Waals surface area contributed by atoms with Crippen LogP contribution in [-0.2, 0) is 0 Å². The highest BCUT2D eigenvalue weighted by Crippen LogP contribution is 2.28. The second kappa shape index (κ2) is 9.35.